The summed E-state index contributed by atoms with van der Waals surface area (Å²) < 4.78 is 0. The van der Waals surface area contributed by atoms with Crippen molar-refractivity contribution in [1.82, 2.24) is 15.2 Å². The summed E-state index contributed by atoms with van der Waals surface area (Å²) >= 11 is 0. The molecular weight excluding hydrogens is 266 g/mol. The number of hydrogen-bond acceptors (Lipinski definition) is 3. The zero-order chi connectivity index (χ0) is 14.9. The molecule has 2 fully saturated rings. The van der Waals surface area contributed by atoms with Crippen molar-refractivity contribution in [3.63, 3.8) is 0 Å². The van der Waals surface area contributed by atoms with Gasteiger partial charge in [-0.2, -0.15) is 0 Å². The highest BCUT2D eigenvalue weighted by Gasteiger charge is 2.42. The molecule has 0 unspecified atom stereocenters. The Kier molecular flexibility index (Phi) is 3.85. The first kappa shape index (κ1) is 14.3. The van der Waals surface area contributed by atoms with E-state index in [1.165, 1.54) is 12.5 Å². The van der Waals surface area contributed by atoms with E-state index in [-0.39, 0.29) is 22.4 Å². The van der Waals surface area contributed by atoms with Gasteiger partial charge in [0.05, 0.1) is 5.54 Å². The minimum Gasteiger partial charge on any atom is -0.364 e. The van der Waals surface area contributed by atoms with Gasteiger partial charge in [0.1, 0.15) is 5.56 Å². The molecule has 0 bridgehead atoms. The lowest BCUT2D eigenvalue weighted by Gasteiger charge is -2.49. The molecule has 1 aromatic heterocycles. The van der Waals surface area contributed by atoms with E-state index in [2.05, 4.69) is 10.3 Å². The quantitative estimate of drug-likeness (QED) is 0.822. The third-order valence-electron chi connectivity index (χ3n) is 4.86. The van der Waals surface area contributed by atoms with Crippen LogP contribution in [0.5, 0.6) is 0 Å². The number of carbonyl (C=O) groups excluding carboxylic acids is 1. The molecular formula is C16H23N3O2. The zero-order valence-electron chi connectivity index (χ0n) is 12.6. The fourth-order valence-corrected chi connectivity index (χ4v) is 3.70. The van der Waals surface area contributed by atoms with Crippen LogP contribution in [0.1, 0.15) is 48.2 Å². The van der Waals surface area contributed by atoms with E-state index in [0.717, 1.165) is 44.5 Å². The van der Waals surface area contributed by atoms with Gasteiger partial charge in [0.2, 0.25) is 0 Å². The Morgan fingerprint density at radius 1 is 1.29 bits per heavy atom. The first-order chi connectivity index (χ1) is 10.1. The summed E-state index contributed by atoms with van der Waals surface area (Å²) in [5.41, 5.74) is 0.780. The van der Waals surface area contributed by atoms with Gasteiger partial charge in [-0.3, -0.25) is 9.59 Å². The Morgan fingerprint density at radius 2 is 2.05 bits per heavy atom. The van der Waals surface area contributed by atoms with E-state index in [1.54, 1.807) is 6.20 Å². The van der Waals surface area contributed by atoms with Crippen molar-refractivity contribution in [3.05, 3.63) is 33.7 Å². The lowest BCUT2D eigenvalue weighted by Crippen LogP contribution is -2.64. The summed E-state index contributed by atoms with van der Waals surface area (Å²) in [7, 11) is 0. The van der Waals surface area contributed by atoms with E-state index < -0.39 is 0 Å². The number of rotatable bonds is 1. The molecule has 1 saturated carbocycles. The van der Waals surface area contributed by atoms with Gasteiger partial charge in [0.15, 0.2) is 5.43 Å². The van der Waals surface area contributed by atoms with Crippen LogP contribution in [0.15, 0.2) is 17.1 Å². The molecule has 2 heterocycles. The van der Waals surface area contributed by atoms with Crippen LogP contribution >= 0.6 is 0 Å². The minimum atomic E-state index is -0.180. The average Bonchev–Trinajstić information content (AvgIpc) is 2.48. The Balaban J connectivity index is 1.92. The number of nitrogens with one attached hydrogen (secondary N) is 2. The van der Waals surface area contributed by atoms with Gasteiger partial charge in [0.25, 0.3) is 5.91 Å². The van der Waals surface area contributed by atoms with Crippen LogP contribution < -0.4 is 10.7 Å². The molecule has 1 aliphatic carbocycles. The highest BCUT2D eigenvalue weighted by molar-refractivity contribution is 5.94. The first-order valence-corrected chi connectivity index (χ1v) is 7.84. The summed E-state index contributed by atoms with van der Waals surface area (Å²) in [6.07, 6.45) is 7.21. The van der Waals surface area contributed by atoms with Crippen molar-refractivity contribution in [1.29, 1.82) is 0 Å². The number of aromatic amines is 1. The number of nitrogens with zero attached hydrogens (tertiary/aromatic N) is 1. The average molecular weight is 289 g/mol. The van der Waals surface area contributed by atoms with Crippen LogP contribution in [0, 0.1) is 6.92 Å². The van der Waals surface area contributed by atoms with Gasteiger partial charge in [-0.25, -0.2) is 0 Å². The van der Waals surface area contributed by atoms with Gasteiger partial charge in [-0.1, -0.05) is 19.3 Å². The third kappa shape index (κ3) is 2.62. The Bertz CT molecular complexity index is 579. The molecule has 5 heteroatoms. The fraction of sp³-hybridized carbons (Fsp3) is 0.625. The number of aromatic nitrogens is 1. The first-order valence-electron chi connectivity index (χ1n) is 7.84. The van der Waals surface area contributed by atoms with Gasteiger partial charge in [0, 0.05) is 37.6 Å². The Hall–Kier alpha value is -1.62. The van der Waals surface area contributed by atoms with Crippen molar-refractivity contribution in [2.75, 3.05) is 19.6 Å². The molecule has 1 spiro atoms. The van der Waals surface area contributed by atoms with Crippen molar-refractivity contribution >= 4 is 5.91 Å². The summed E-state index contributed by atoms with van der Waals surface area (Å²) in [6, 6.07) is 1.50. The summed E-state index contributed by atoms with van der Waals surface area (Å²) in [6.45, 7) is 4.16. The van der Waals surface area contributed by atoms with E-state index in [1.807, 2.05) is 11.8 Å². The number of hydrogen-bond donors (Lipinski definition) is 2. The van der Waals surface area contributed by atoms with Crippen LogP contribution in [0.4, 0.5) is 0 Å². The minimum absolute atomic E-state index is 0.0924. The topological polar surface area (TPSA) is 65.2 Å². The number of pyridine rings is 1. The number of H-pyrrole nitrogens is 1. The molecule has 0 aromatic carbocycles. The van der Waals surface area contributed by atoms with E-state index in [0.29, 0.717) is 6.54 Å². The van der Waals surface area contributed by atoms with Crippen molar-refractivity contribution in [3.8, 4) is 0 Å². The zero-order valence-corrected chi connectivity index (χ0v) is 12.6. The smallest absolute Gasteiger partial charge is 0.259 e. The van der Waals surface area contributed by atoms with Gasteiger partial charge < -0.3 is 15.2 Å². The molecule has 0 radical (unpaired) electrons. The maximum atomic E-state index is 12.9. The highest BCUT2D eigenvalue weighted by atomic mass is 16.2. The second-order valence-electron chi connectivity index (χ2n) is 6.31. The van der Waals surface area contributed by atoms with Gasteiger partial charge >= 0.3 is 0 Å². The molecule has 1 amide bonds. The van der Waals surface area contributed by atoms with Crippen LogP contribution in [0.3, 0.4) is 0 Å². The van der Waals surface area contributed by atoms with Crippen LogP contribution in [-0.4, -0.2) is 41.0 Å². The van der Waals surface area contributed by atoms with Gasteiger partial charge in [-0.05, 0) is 19.8 Å². The number of carbonyl (C=O) groups is 1. The van der Waals surface area contributed by atoms with E-state index in [9.17, 15) is 9.59 Å². The molecule has 1 aliphatic heterocycles. The Morgan fingerprint density at radius 3 is 2.76 bits per heavy atom. The van der Waals surface area contributed by atoms with Crippen molar-refractivity contribution in [2.45, 2.75) is 44.6 Å². The number of aryl methyl sites for hydroxylation is 1. The summed E-state index contributed by atoms with van der Waals surface area (Å²) in [5, 5.41) is 3.43. The molecule has 2 N–H and O–H groups in total. The summed E-state index contributed by atoms with van der Waals surface area (Å²) in [4.78, 5) is 29.9. The lowest BCUT2D eigenvalue weighted by molar-refractivity contribution is 0.0221. The van der Waals surface area contributed by atoms with Crippen LogP contribution in [0.25, 0.3) is 0 Å². The highest BCUT2D eigenvalue weighted by Crippen LogP contribution is 2.35. The molecule has 3 rings (SSSR count). The normalized spacial score (nSPS) is 21.5. The molecule has 5 nitrogen and oxygen atoms in total. The summed E-state index contributed by atoms with van der Waals surface area (Å²) in [5.74, 6) is -0.111. The maximum Gasteiger partial charge on any atom is 0.259 e. The largest absolute Gasteiger partial charge is 0.364 e. The molecule has 114 valence electrons. The number of amides is 1. The third-order valence-corrected chi connectivity index (χ3v) is 4.86. The second kappa shape index (κ2) is 5.64. The van der Waals surface area contributed by atoms with E-state index in [4.69, 9.17) is 0 Å². The fourth-order valence-electron chi connectivity index (χ4n) is 3.70. The molecule has 1 aromatic rings. The maximum absolute atomic E-state index is 12.9. The SMILES string of the molecule is Cc1cc(=O)c(C(=O)N2CCNCC23CCCCC3)c[nH]1. The van der Waals surface area contributed by atoms with E-state index >= 15 is 0 Å². The number of piperazine rings is 1. The second-order valence-corrected chi connectivity index (χ2v) is 6.31. The lowest BCUT2D eigenvalue weighted by atomic mass is 9.78. The Labute approximate surface area is 124 Å². The van der Waals surface area contributed by atoms with Crippen LogP contribution in [0.2, 0.25) is 0 Å². The molecule has 0 atom stereocenters. The van der Waals surface area contributed by atoms with Gasteiger partial charge in [-0.15, -0.1) is 0 Å². The van der Waals surface area contributed by atoms with Crippen LogP contribution in [-0.2, 0) is 0 Å². The predicted molar refractivity (Wildman–Crippen MR) is 81.5 cm³/mol. The standard InChI is InChI=1S/C16H23N3O2/c1-12-9-14(20)13(10-18-12)15(21)19-8-7-17-11-16(19)5-3-2-4-6-16/h9-10,17H,2-8,11H2,1H3,(H,18,20). The van der Waals surface area contributed by atoms with Crippen molar-refractivity contribution in [2.24, 2.45) is 0 Å². The van der Waals surface area contributed by atoms with Crippen molar-refractivity contribution < 1.29 is 4.79 Å². The molecule has 1 saturated heterocycles. The molecule has 21 heavy (non-hydrogen) atoms. The predicted octanol–water partition coefficient (Wildman–Crippen LogP) is 1.43. The monoisotopic (exact) mass is 289 g/mol. The molecule has 2 aliphatic rings.